The quantitative estimate of drug-likeness (QED) is 0.0222. The van der Waals surface area contributed by atoms with E-state index >= 15 is 0 Å². The minimum absolute atomic E-state index is 0.107. The molecule has 107 heavy (non-hydrogen) atoms. The van der Waals surface area contributed by atoms with Gasteiger partial charge in [-0.15, -0.1) is 0 Å². The van der Waals surface area contributed by atoms with Crippen LogP contribution in [0.2, 0.25) is 0 Å². The predicted octanol–water partition coefficient (Wildman–Crippen LogP) is 26.9. The van der Waals surface area contributed by atoms with Crippen LogP contribution in [0.4, 0.5) is 0 Å². The molecule has 0 amide bonds. The van der Waals surface area contributed by atoms with Crippen LogP contribution in [0, 0.1) is 17.8 Å². The number of phosphoric ester groups is 2. The molecule has 2 unspecified atom stereocenters. The molecule has 17 nitrogen and oxygen atoms in total. The molecule has 0 aliphatic heterocycles. The van der Waals surface area contributed by atoms with Crippen molar-refractivity contribution in [1.29, 1.82) is 0 Å². The van der Waals surface area contributed by atoms with Crippen molar-refractivity contribution in [3.63, 3.8) is 0 Å². The molecule has 0 radical (unpaired) electrons. The summed E-state index contributed by atoms with van der Waals surface area (Å²) in [6.07, 6.45) is 69.6. The summed E-state index contributed by atoms with van der Waals surface area (Å²) in [5.74, 6) is 0.208. The van der Waals surface area contributed by atoms with Gasteiger partial charge in [-0.2, -0.15) is 0 Å². The second kappa shape index (κ2) is 78.0. The van der Waals surface area contributed by atoms with E-state index in [9.17, 15) is 43.2 Å². The van der Waals surface area contributed by atoms with Crippen molar-refractivity contribution in [3.8, 4) is 0 Å². The molecular formula is C88H172O17P2. The molecule has 0 aromatic rings. The van der Waals surface area contributed by atoms with Gasteiger partial charge in [0.05, 0.1) is 26.4 Å². The monoisotopic (exact) mass is 1560 g/mol. The number of esters is 4. The van der Waals surface area contributed by atoms with E-state index in [-0.39, 0.29) is 25.7 Å². The van der Waals surface area contributed by atoms with Gasteiger partial charge < -0.3 is 33.8 Å². The smallest absolute Gasteiger partial charge is 0.462 e. The van der Waals surface area contributed by atoms with E-state index in [0.29, 0.717) is 31.6 Å². The van der Waals surface area contributed by atoms with Gasteiger partial charge >= 0.3 is 39.5 Å². The van der Waals surface area contributed by atoms with Crippen molar-refractivity contribution in [2.75, 3.05) is 39.6 Å². The molecule has 0 bridgehead atoms. The molecule has 3 N–H and O–H groups in total. The fraction of sp³-hybridized carbons (Fsp3) is 0.955. The Labute approximate surface area is 658 Å². The highest BCUT2D eigenvalue weighted by molar-refractivity contribution is 7.47. The molecule has 0 aliphatic rings. The Kier molecular flexibility index (Phi) is 76.6. The van der Waals surface area contributed by atoms with Gasteiger partial charge in [0.25, 0.3) is 0 Å². The minimum atomic E-state index is -4.97. The summed E-state index contributed by atoms with van der Waals surface area (Å²) in [5, 5.41) is 10.7. The third-order valence-corrected chi connectivity index (χ3v) is 22.5. The summed E-state index contributed by atoms with van der Waals surface area (Å²) in [5.41, 5.74) is 0. The number of hydrogen-bond acceptors (Lipinski definition) is 15. The number of ether oxygens (including phenoxy) is 4. The normalized spacial score (nSPS) is 13.8. The molecule has 0 rings (SSSR count). The number of phosphoric acid groups is 2. The van der Waals surface area contributed by atoms with E-state index in [1.54, 1.807) is 0 Å². The number of carbonyl (C=O) groups excluding carboxylic acids is 4. The highest BCUT2D eigenvalue weighted by atomic mass is 31.2. The lowest BCUT2D eigenvalue weighted by atomic mass is 10.0. The van der Waals surface area contributed by atoms with Crippen LogP contribution in [-0.2, 0) is 65.4 Å². The van der Waals surface area contributed by atoms with E-state index < -0.39 is 97.5 Å². The first-order valence-corrected chi connectivity index (χ1v) is 48.3. The molecule has 5 atom stereocenters. The Hall–Kier alpha value is -1.94. The Morgan fingerprint density at radius 1 is 0.252 bits per heavy atom. The molecule has 0 saturated heterocycles. The Morgan fingerprint density at radius 2 is 0.430 bits per heavy atom. The fourth-order valence-corrected chi connectivity index (χ4v) is 15.3. The van der Waals surface area contributed by atoms with Crippen LogP contribution >= 0.6 is 15.6 Å². The minimum Gasteiger partial charge on any atom is -0.462 e. The number of aliphatic hydroxyl groups excluding tert-OH is 1. The van der Waals surface area contributed by atoms with Gasteiger partial charge in [-0.05, 0) is 43.4 Å². The lowest BCUT2D eigenvalue weighted by Gasteiger charge is -2.21. The number of rotatable bonds is 86. The maximum absolute atomic E-state index is 13.2. The SMILES string of the molecule is CCCCCCCCCCCCCCCCCCCCCCC(=O)OC[C@H](COP(=O)(O)OC[C@@H](O)COP(=O)(O)OC[C@@H](COC(=O)CCCCCCCCCC(C)C)OC(=O)CCCCCCCCCCCCCCCC(C)C)OC(=O)CCCCCCCCCCCCCCCCCCCCC(C)C. The molecule has 0 heterocycles. The summed E-state index contributed by atoms with van der Waals surface area (Å²) in [7, 11) is -9.93. The number of hydrogen-bond donors (Lipinski definition) is 3. The van der Waals surface area contributed by atoms with Crippen LogP contribution < -0.4 is 0 Å². The van der Waals surface area contributed by atoms with Crippen LogP contribution in [-0.4, -0.2) is 96.7 Å². The zero-order chi connectivity index (χ0) is 78.6. The maximum atomic E-state index is 13.2. The molecule has 0 fully saturated rings. The molecule has 0 aliphatic carbocycles. The molecule has 0 aromatic carbocycles. The van der Waals surface area contributed by atoms with Gasteiger partial charge in [0.2, 0.25) is 0 Å². The van der Waals surface area contributed by atoms with E-state index in [4.69, 9.17) is 37.0 Å². The van der Waals surface area contributed by atoms with Gasteiger partial charge in [-0.1, -0.05) is 414 Å². The molecule has 0 saturated carbocycles. The highest BCUT2D eigenvalue weighted by Crippen LogP contribution is 2.45. The molecule has 19 heteroatoms. The van der Waals surface area contributed by atoms with E-state index in [2.05, 4.69) is 48.5 Å². The average Bonchev–Trinajstić information content (AvgIpc) is 0.902. The first-order chi connectivity index (χ1) is 51.7. The van der Waals surface area contributed by atoms with Gasteiger partial charge in [-0.3, -0.25) is 37.3 Å². The van der Waals surface area contributed by atoms with Gasteiger partial charge in [0, 0.05) is 25.7 Å². The molecule has 636 valence electrons. The largest absolute Gasteiger partial charge is 0.472 e. The first kappa shape index (κ1) is 105. The van der Waals surface area contributed by atoms with E-state index in [1.165, 1.54) is 270 Å². The van der Waals surface area contributed by atoms with Crippen LogP contribution in [0.5, 0.6) is 0 Å². The zero-order valence-corrected chi connectivity index (χ0v) is 72.4. The Morgan fingerprint density at radius 3 is 0.636 bits per heavy atom. The van der Waals surface area contributed by atoms with Crippen molar-refractivity contribution >= 4 is 39.5 Å². The number of aliphatic hydroxyl groups is 1. The number of carbonyl (C=O) groups is 4. The van der Waals surface area contributed by atoms with Crippen LogP contribution in [0.25, 0.3) is 0 Å². The van der Waals surface area contributed by atoms with E-state index in [0.717, 1.165) is 108 Å². The lowest BCUT2D eigenvalue weighted by molar-refractivity contribution is -0.161. The highest BCUT2D eigenvalue weighted by Gasteiger charge is 2.31. The van der Waals surface area contributed by atoms with Crippen molar-refractivity contribution in [1.82, 2.24) is 0 Å². The third-order valence-electron chi connectivity index (χ3n) is 20.6. The summed E-state index contributed by atoms with van der Waals surface area (Å²) in [6, 6.07) is 0. The summed E-state index contributed by atoms with van der Waals surface area (Å²) in [6.45, 7) is 12.0. The third kappa shape index (κ3) is 81.9. The fourth-order valence-electron chi connectivity index (χ4n) is 13.7. The van der Waals surface area contributed by atoms with Crippen molar-refractivity contribution in [2.45, 2.75) is 484 Å². The second-order valence-electron chi connectivity index (χ2n) is 33.1. The molecular weight excluding hydrogens is 1390 g/mol. The molecule has 0 aromatic heterocycles. The zero-order valence-electron chi connectivity index (χ0n) is 70.6. The van der Waals surface area contributed by atoms with Crippen molar-refractivity contribution < 1.29 is 80.2 Å². The Balaban J connectivity index is 5.22. The second-order valence-corrected chi connectivity index (χ2v) is 36.0. The predicted molar refractivity (Wildman–Crippen MR) is 441 cm³/mol. The summed E-state index contributed by atoms with van der Waals surface area (Å²) < 4.78 is 68.9. The van der Waals surface area contributed by atoms with Gasteiger partial charge in [-0.25, -0.2) is 9.13 Å². The maximum Gasteiger partial charge on any atom is 0.472 e. The van der Waals surface area contributed by atoms with Gasteiger partial charge in [0.1, 0.15) is 19.3 Å². The Bertz CT molecular complexity index is 2060. The topological polar surface area (TPSA) is 237 Å². The standard InChI is InChI=1S/C88H172O17P2/c1-8-9-10-11-12-13-14-15-16-17-18-19-23-26-31-36-41-48-55-62-69-85(90)98-75-83(104-87(92)71-64-57-49-42-37-32-27-24-21-20-22-25-29-34-39-45-52-59-66-79(2)3)77-102-106(94,95)100-73-82(89)74-101-107(96,97)103-78-84(76-99-86(91)70-63-56-51-44-47-54-61-68-81(6)7)105-88(93)72-65-58-50-43-38-33-28-30-35-40-46-53-60-67-80(4)5/h79-84,89H,8-78H2,1-7H3,(H,94,95)(H,96,97)/t82-,83-,84-/m1/s1. The van der Waals surface area contributed by atoms with Gasteiger partial charge in [0.15, 0.2) is 12.2 Å². The van der Waals surface area contributed by atoms with Crippen molar-refractivity contribution in [2.24, 2.45) is 17.8 Å². The summed E-state index contributed by atoms with van der Waals surface area (Å²) >= 11 is 0. The molecule has 0 spiro atoms. The van der Waals surface area contributed by atoms with E-state index in [1.807, 2.05) is 0 Å². The van der Waals surface area contributed by atoms with Crippen LogP contribution in [0.15, 0.2) is 0 Å². The number of unbranched alkanes of at least 4 members (excludes halogenated alkanes) is 54. The van der Waals surface area contributed by atoms with Crippen LogP contribution in [0.3, 0.4) is 0 Å². The average molecular weight is 1560 g/mol. The lowest BCUT2D eigenvalue weighted by Crippen LogP contribution is -2.30. The first-order valence-electron chi connectivity index (χ1n) is 45.3. The summed E-state index contributed by atoms with van der Waals surface area (Å²) in [4.78, 5) is 73.3. The van der Waals surface area contributed by atoms with Crippen LogP contribution in [0.1, 0.15) is 466 Å². The van der Waals surface area contributed by atoms with Crippen molar-refractivity contribution in [3.05, 3.63) is 0 Å².